The van der Waals surface area contributed by atoms with E-state index in [1.807, 2.05) is 18.9 Å². The van der Waals surface area contributed by atoms with Crippen LogP contribution in [0.4, 0.5) is 0 Å². The van der Waals surface area contributed by atoms with Crippen molar-refractivity contribution in [2.45, 2.75) is 64.6 Å². The van der Waals surface area contributed by atoms with Crippen molar-refractivity contribution in [3.63, 3.8) is 0 Å². The first kappa shape index (κ1) is 12.0. The van der Waals surface area contributed by atoms with Gasteiger partial charge in [0, 0.05) is 0 Å². The molecule has 3 heteroatoms. The molecule has 0 spiro atoms. The van der Waals surface area contributed by atoms with Gasteiger partial charge in [0.1, 0.15) is 0 Å². The van der Waals surface area contributed by atoms with Gasteiger partial charge in [-0.3, -0.25) is 4.84 Å². The van der Waals surface area contributed by atoms with Gasteiger partial charge in [-0.1, -0.05) is 19.8 Å². The van der Waals surface area contributed by atoms with Gasteiger partial charge >= 0.3 is 0 Å². The summed E-state index contributed by atoms with van der Waals surface area (Å²) in [6.45, 7) is 8.43. The molecule has 2 atom stereocenters. The summed E-state index contributed by atoms with van der Waals surface area (Å²) in [5, 5.41) is 11.1. The molecule has 2 unspecified atom stereocenters. The van der Waals surface area contributed by atoms with Crippen LogP contribution in [0.15, 0.2) is 0 Å². The second kappa shape index (κ2) is 4.17. The third-order valence-electron chi connectivity index (χ3n) is 2.87. The fourth-order valence-corrected chi connectivity index (χ4v) is 1.85. The number of hydrogen-bond acceptors (Lipinski definition) is 3. The number of nitrogens with zero attached hydrogens (tertiary/aromatic N) is 1. The van der Waals surface area contributed by atoms with Crippen LogP contribution in [0, 0.1) is 0 Å². The molecule has 1 fully saturated rings. The molecule has 14 heavy (non-hydrogen) atoms. The summed E-state index contributed by atoms with van der Waals surface area (Å²) in [7, 11) is 0. The Kier molecular flexibility index (Phi) is 3.56. The zero-order valence-electron chi connectivity index (χ0n) is 9.84. The molecule has 1 N–H and O–H groups in total. The first-order chi connectivity index (χ1) is 6.46. The lowest BCUT2D eigenvalue weighted by Crippen LogP contribution is -2.38. The highest BCUT2D eigenvalue weighted by atomic mass is 16.9. The van der Waals surface area contributed by atoms with Crippen LogP contribution < -0.4 is 0 Å². The minimum absolute atomic E-state index is 0.124. The van der Waals surface area contributed by atoms with E-state index in [0.29, 0.717) is 0 Å². The van der Waals surface area contributed by atoms with Crippen molar-refractivity contribution in [3.8, 4) is 0 Å². The Hall–Kier alpha value is -0.120. The van der Waals surface area contributed by atoms with Crippen molar-refractivity contribution in [2.24, 2.45) is 0 Å². The van der Waals surface area contributed by atoms with Crippen LogP contribution in [0.2, 0.25) is 0 Å². The molecule has 0 saturated carbocycles. The van der Waals surface area contributed by atoms with E-state index in [2.05, 4.69) is 13.8 Å². The van der Waals surface area contributed by atoms with E-state index >= 15 is 0 Å². The van der Waals surface area contributed by atoms with Gasteiger partial charge in [-0.25, -0.2) is 0 Å². The standard InChI is InChI=1S/C11H23NO2/c1-5-6-7-8-11(4)12(14-11)10(2,3)9-13/h13H,5-9H2,1-4H3. The summed E-state index contributed by atoms with van der Waals surface area (Å²) in [5.41, 5.74) is -0.373. The molecule has 0 radical (unpaired) electrons. The Morgan fingerprint density at radius 1 is 1.36 bits per heavy atom. The zero-order valence-corrected chi connectivity index (χ0v) is 9.84. The van der Waals surface area contributed by atoms with Crippen molar-refractivity contribution in [3.05, 3.63) is 0 Å². The molecular weight excluding hydrogens is 178 g/mol. The maximum atomic E-state index is 9.19. The minimum atomic E-state index is -0.249. The van der Waals surface area contributed by atoms with Gasteiger partial charge < -0.3 is 5.11 Å². The van der Waals surface area contributed by atoms with E-state index in [1.165, 1.54) is 19.3 Å². The van der Waals surface area contributed by atoms with Gasteiger partial charge in [-0.2, -0.15) is 0 Å². The predicted molar refractivity (Wildman–Crippen MR) is 56.6 cm³/mol. The van der Waals surface area contributed by atoms with Crippen molar-refractivity contribution in [2.75, 3.05) is 6.61 Å². The van der Waals surface area contributed by atoms with Crippen LogP contribution >= 0.6 is 0 Å². The smallest absolute Gasteiger partial charge is 0.162 e. The number of unbranched alkanes of at least 4 members (excludes halogenated alkanes) is 2. The Balaban J connectivity index is 2.34. The highest BCUT2D eigenvalue weighted by molar-refractivity contribution is 4.92. The number of aliphatic hydroxyl groups excluding tert-OH is 1. The second-order valence-corrected chi connectivity index (χ2v) is 4.99. The molecule has 0 aliphatic carbocycles. The Morgan fingerprint density at radius 3 is 2.50 bits per heavy atom. The molecule has 1 saturated heterocycles. The average Bonchev–Trinajstić information content (AvgIpc) is 2.80. The molecule has 84 valence electrons. The first-order valence-electron chi connectivity index (χ1n) is 5.56. The number of aliphatic hydroxyl groups is 1. The lowest BCUT2D eigenvalue weighted by molar-refractivity contribution is 0.0393. The highest BCUT2D eigenvalue weighted by Gasteiger charge is 2.56. The van der Waals surface area contributed by atoms with E-state index < -0.39 is 0 Å². The van der Waals surface area contributed by atoms with E-state index in [9.17, 15) is 5.11 Å². The van der Waals surface area contributed by atoms with E-state index in [1.54, 1.807) is 0 Å². The number of rotatable bonds is 6. The molecule has 0 bridgehead atoms. The maximum Gasteiger partial charge on any atom is 0.162 e. The maximum absolute atomic E-state index is 9.19. The van der Waals surface area contributed by atoms with Crippen molar-refractivity contribution in [1.29, 1.82) is 0 Å². The zero-order chi connectivity index (χ0) is 10.8. The van der Waals surface area contributed by atoms with E-state index in [4.69, 9.17) is 4.84 Å². The molecular formula is C11H23NO2. The molecule has 3 nitrogen and oxygen atoms in total. The van der Waals surface area contributed by atoms with Gasteiger partial charge in [0.15, 0.2) is 5.72 Å². The minimum Gasteiger partial charge on any atom is -0.394 e. The van der Waals surface area contributed by atoms with Gasteiger partial charge in [0.05, 0.1) is 12.1 Å². The number of hydroxylamine groups is 2. The third-order valence-corrected chi connectivity index (χ3v) is 2.87. The third kappa shape index (κ3) is 2.47. The Bertz CT molecular complexity index is 194. The largest absolute Gasteiger partial charge is 0.394 e. The van der Waals surface area contributed by atoms with Crippen LogP contribution in [-0.4, -0.2) is 28.0 Å². The second-order valence-electron chi connectivity index (χ2n) is 4.99. The molecule has 1 rings (SSSR count). The van der Waals surface area contributed by atoms with Crippen LogP contribution in [0.1, 0.15) is 53.4 Å². The first-order valence-corrected chi connectivity index (χ1v) is 5.56. The van der Waals surface area contributed by atoms with Gasteiger partial charge in [0.25, 0.3) is 0 Å². The van der Waals surface area contributed by atoms with Crippen LogP contribution in [0.5, 0.6) is 0 Å². The number of hydrogen-bond donors (Lipinski definition) is 1. The molecule has 0 aromatic rings. The average molecular weight is 201 g/mol. The van der Waals surface area contributed by atoms with E-state index in [-0.39, 0.29) is 17.9 Å². The van der Waals surface area contributed by atoms with Crippen LogP contribution in [0.3, 0.4) is 0 Å². The molecule has 0 aromatic heterocycles. The van der Waals surface area contributed by atoms with E-state index in [0.717, 1.165) is 6.42 Å². The fourth-order valence-electron chi connectivity index (χ4n) is 1.85. The summed E-state index contributed by atoms with van der Waals surface area (Å²) in [6.07, 6.45) is 4.75. The lowest BCUT2D eigenvalue weighted by Gasteiger charge is -2.22. The lowest BCUT2D eigenvalue weighted by atomic mass is 10.0. The molecule has 0 aromatic carbocycles. The Labute approximate surface area is 87.0 Å². The summed E-state index contributed by atoms with van der Waals surface area (Å²) < 4.78 is 0. The molecule has 1 aliphatic rings. The topological polar surface area (TPSA) is 35.8 Å². The summed E-state index contributed by atoms with van der Waals surface area (Å²) in [6, 6.07) is 0. The fraction of sp³-hybridized carbons (Fsp3) is 1.00. The molecule has 1 heterocycles. The summed E-state index contributed by atoms with van der Waals surface area (Å²) in [5.74, 6) is 0. The Morgan fingerprint density at radius 2 is 2.00 bits per heavy atom. The monoisotopic (exact) mass is 201 g/mol. The van der Waals surface area contributed by atoms with Crippen molar-refractivity contribution < 1.29 is 9.94 Å². The molecule has 0 amide bonds. The summed E-state index contributed by atoms with van der Waals surface area (Å²) in [4.78, 5) is 5.58. The van der Waals surface area contributed by atoms with Gasteiger partial charge in [-0.15, -0.1) is 5.06 Å². The van der Waals surface area contributed by atoms with Gasteiger partial charge in [-0.05, 0) is 33.6 Å². The van der Waals surface area contributed by atoms with Crippen molar-refractivity contribution >= 4 is 0 Å². The SMILES string of the molecule is CCCCCC1(C)ON1C(C)(C)CO. The van der Waals surface area contributed by atoms with Crippen molar-refractivity contribution in [1.82, 2.24) is 5.06 Å². The predicted octanol–water partition coefficient (Wildman–Crippen LogP) is 2.30. The van der Waals surface area contributed by atoms with Crippen LogP contribution in [0.25, 0.3) is 0 Å². The highest BCUT2D eigenvalue weighted by Crippen LogP contribution is 2.44. The van der Waals surface area contributed by atoms with Crippen LogP contribution in [-0.2, 0) is 4.84 Å². The quantitative estimate of drug-likeness (QED) is 0.529. The normalized spacial score (nSPS) is 31.9. The molecule has 1 aliphatic heterocycles. The van der Waals surface area contributed by atoms with Gasteiger partial charge in [0.2, 0.25) is 0 Å². The summed E-state index contributed by atoms with van der Waals surface area (Å²) >= 11 is 0.